The minimum Gasteiger partial charge on any atom is -0.494 e. The Morgan fingerprint density at radius 2 is 1.79 bits per heavy atom. The van der Waals surface area contributed by atoms with Crippen LogP contribution in [0.4, 0.5) is 10.1 Å². The Morgan fingerprint density at radius 1 is 1.16 bits per heavy atom. The van der Waals surface area contributed by atoms with Crippen LogP contribution in [0.5, 0.6) is 5.75 Å². The molecule has 1 aromatic carbocycles. The largest absolute Gasteiger partial charge is 0.494 e. The molecule has 6 heteroatoms. The van der Waals surface area contributed by atoms with Gasteiger partial charge in [-0.25, -0.2) is 14.4 Å². The highest BCUT2D eigenvalue weighted by Crippen LogP contribution is 2.34. The molecule has 0 saturated heterocycles. The maximum Gasteiger partial charge on any atom is 0.192 e. The van der Waals surface area contributed by atoms with Gasteiger partial charge >= 0.3 is 0 Å². The normalized spacial score (nSPS) is 10.5. The van der Waals surface area contributed by atoms with Gasteiger partial charge in [-0.2, -0.15) is 0 Å². The van der Waals surface area contributed by atoms with E-state index in [9.17, 15) is 4.39 Å². The maximum atomic E-state index is 13.5. The van der Waals surface area contributed by atoms with E-state index in [1.54, 1.807) is 6.07 Å². The second kappa shape index (κ2) is 5.44. The van der Waals surface area contributed by atoms with Crippen molar-refractivity contribution in [1.82, 2.24) is 9.97 Å². The molecule has 0 aliphatic carbocycles. The molecule has 0 fully saturated rings. The first-order valence-corrected chi connectivity index (χ1v) is 6.44. The molecule has 1 heterocycles. The van der Waals surface area contributed by atoms with Crippen LogP contribution in [0.1, 0.15) is 11.4 Å². The Balaban J connectivity index is 2.37. The summed E-state index contributed by atoms with van der Waals surface area (Å²) in [7, 11) is 1.41. The number of rotatable bonds is 3. The lowest BCUT2D eigenvalue weighted by molar-refractivity contribution is 0.385. The van der Waals surface area contributed by atoms with Gasteiger partial charge < -0.3 is 10.5 Å². The third-order valence-corrected chi connectivity index (χ3v) is 3.39. The van der Waals surface area contributed by atoms with Crippen molar-refractivity contribution >= 4 is 17.4 Å². The quantitative estimate of drug-likeness (QED) is 0.691. The molecule has 0 aliphatic rings. The number of aromatic nitrogens is 2. The number of methoxy groups -OCH3 is 1. The summed E-state index contributed by atoms with van der Waals surface area (Å²) in [5.41, 5.74) is 7.89. The van der Waals surface area contributed by atoms with Crippen LogP contribution in [0.15, 0.2) is 28.3 Å². The van der Waals surface area contributed by atoms with E-state index in [1.165, 1.54) is 24.9 Å². The van der Waals surface area contributed by atoms with Crippen molar-refractivity contribution in [2.75, 3.05) is 12.8 Å². The minimum absolute atomic E-state index is 0.154. The van der Waals surface area contributed by atoms with Crippen LogP contribution in [-0.4, -0.2) is 17.1 Å². The third-order valence-electron chi connectivity index (χ3n) is 2.45. The Morgan fingerprint density at radius 3 is 2.37 bits per heavy atom. The van der Waals surface area contributed by atoms with Gasteiger partial charge in [0.15, 0.2) is 16.7 Å². The average Bonchev–Trinajstić information content (AvgIpc) is 2.31. The summed E-state index contributed by atoms with van der Waals surface area (Å²) in [4.78, 5) is 9.29. The van der Waals surface area contributed by atoms with E-state index in [1.807, 2.05) is 19.9 Å². The van der Waals surface area contributed by atoms with Crippen LogP contribution >= 0.6 is 11.8 Å². The Kier molecular flexibility index (Phi) is 3.90. The Labute approximate surface area is 115 Å². The van der Waals surface area contributed by atoms with Gasteiger partial charge in [0.2, 0.25) is 0 Å². The van der Waals surface area contributed by atoms with Crippen molar-refractivity contribution in [3.63, 3.8) is 0 Å². The summed E-state index contributed by atoms with van der Waals surface area (Å²) < 4.78 is 18.4. The van der Waals surface area contributed by atoms with Gasteiger partial charge in [0.25, 0.3) is 0 Å². The SMILES string of the molecule is COc1cc(Sc2nc(C)cc(C)n2)c(N)cc1F. The average molecular weight is 279 g/mol. The zero-order chi connectivity index (χ0) is 14.0. The predicted molar refractivity (Wildman–Crippen MR) is 73.0 cm³/mol. The van der Waals surface area contributed by atoms with Crippen LogP contribution in [0.2, 0.25) is 0 Å². The summed E-state index contributed by atoms with van der Waals surface area (Å²) in [6.45, 7) is 3.79. The first-order valence-electron chi connectivity index (χ1n) is 5.62. The van der Waals surface area contributed by atoms with Crippen LogP contribution in [0.3, 0.4) is 0 Å². The molecular formula is C13H14FN3OS. The lowest BCUT2D eigenvalue weighted by Gasteiger charge is -2.09. The van der Waals surface area contributed by atoms with Gasteiger partial charge in [-0.3, -0.25) is 0 Å². The Bertz CT molecular complexity index is 599. The molecule has 19 heavy (non-hydrogen) atoms. The molecule has 4 nitrogen and oxygen atoms in total. The molecular weight excluding hydrogens is 265 g/mol. The van der Waals surface area contributed by atoms with Gasteiger partial charge in [0.05, 0.1) is 7.11 Å². The highest BCUT2D eigenvalue weighted by Gasteiger charge is 2.11. The number of benzene rings is 1. The fourth-order valence-electron chi connectivity index (χ4n) is 1.63. The second-order valence-electron chi connectivity index (χ2n) is 4.06. The molecule has 0 radical (unpaired) electrons. The van der Waals surface area contributed by atoms with Crippen molar-refractivity contribution in [3.8, 4) is 5.75 Å². The summed E-state index contributed by atoms with van der Waals surface area (Å²) in [5, 5.41) is 0.581. The van der Waals surface area contributed by atoms with E-state index < -0.39 is 5.82 Å². The number of hydrogen-bond acceptors (Lipinski definition) is 5. The smallest absolute Gasteiger partial charge is 0.192 e. The van der Waals surface area contributed by atoms with Crippen molar-refractivity contribution in [2.45, 2.75) is 23.9 Å². The number of aryl methyl sites for hydroxylation is 2. The van der Waals surface area contributed by atoms with Crippen LogP contribution in [-0.2, 0) is 0 Å². The fourth-order valence-corrected chi connectivity index (χ4v) is 2.55. The van der Waals surface area contributed by atoms with Crippen LogP contribution in [0.25, 0.3) is 0 Å². The van der Waals surface area contributed by atoms with E-state index in [0.717, 1.165) is 11.4 Å². The molecule has 0 spiro atoms. The molecule has 2 aromatic rings. The number of hydrogen-bond donors (Lipinski definition) is 1. The summed E-state index contributed by atoms with van der Waals surface area (Å²) in [5.74, 6) is -0.327. The molecule has 0 unspecified atom stereocenters. The fraction of sp³-hybridized carbons (Fsp3) is 0.231. The second-order valence-corrected chi connectivity index (χ2v) is 5.07. The number of nitrogen functional groups attached to an aromatic ring is 1. The number of anilines is 1. The van der Waals surface area contributed by atoms with Crippen molar-refractivity contribution in [1.29, 1.82) is 0 Å². The van der Waals surface area contributed by atoms with E-state index >= 15 is 0 Å². The van der Waals surface area contributed by atoms with Crippen LogP contribution in [0, 0.1) is 19.7 Å². The molecule has 0 amide bonds. The Hall–Kier alpha value is -1.82. The molecule has 2 rings (SSSR count). The lowest BCUT2D eigenvalue weighted by Crippen LogP contribution is -1.97. The molecule has 100 valence electrons. The topological polar surface area (TPSA) is 61.0 Å². The van der Waals surface area contributed by atoms with Gasteiger partial charge in [0.1, 0.15) is 0 Å². The maximum absolute atomic E-state index is 13.5. The molecule has 1 aromatic heterocycles. The van der Waals surface area contributed by atoms with Gasteiger partial charge in [-0.1, -0.05) is 0 Å². The van der Waals surface area contributed by atoms with Gasteiger partial charge in [-0.15, -0.1) is 0 Å². The van der Waals surface area contributed by atoms with E-state index in [-0.39, 0.29) is 5.75 Å². The molecule has 2 N–H and O–H groups in total. The van der Waals surface area contributed by atoms with Crippen molar-refractivity contribution in [2.24, 2.45) is 0 Å². The number of halogens is 1. The first kappa shape index (κ1) is 13.6. The standard InChI is InChI=1S/C13H14FN3OS/c1-7-4-8(2)17-13(16-7)19-12-6-11(18-3)9(14)5-10(12)15/h4-6H,15H2,1-3H3. The molecule has 0 saturated carbocycles. The monoisotopic (exact) mass is 279 g/mol. The zero-order valence-corrected chi connectivity index (χ0v) is 11.7. The predicted octanol–water partition coefficient (Wildman–Crippen LogP) is 2.97. The van der Waals surface area contributed by atoms with Crippen LogP contribution < -0.4 is 10.5 Å². The number of nitrogens with zero attached hydrogens (tertiary/aromatic N) is 2. The number of nitrogens with two attached hydrogens (primary N) is 1. The summed E-state index contributed by atoms with van der Waals surface area (Å²) in [6.07, 6.45) is 0. The zero-order valence-electron chi connectivity index (χ0n) is 10.9. The van der Waals surface area contributed by atoms with Gasteiger partial charge in [-0.05, 0) is 37.7 Å². The van der Waals surface area contributed by atoms with E-state index in [0.29, 0.717) is 15.7 Å². The van der Waals surface area contributed by atoms with Crippen molar-refractivity contribution < 1.29 is 9.13 Å². The molecule has 0 aliphatic heterocycles. The number of ether oxygens (including phenoxy) is 1. The lowest BCUT2D eigenvalue weighted by atomic mass is 10.3. The minimum atomic E-state index is -0.481. The molecule has 0 atom stereocenters. The highest BCUT2D eigenvalue weighted by atomic mass is 32.2. The summed E-state index contributed by atoms with van der Waals surface area (Å²) >= 11 is 1.29. The van der Waals surface area contributed by atoms with Crippen molar-refractivity contribution in [3.05, 3.63) is 35.4 Å². The molecule has 0 bridgehead atoms. The first-order chi connectivity index (χ1) is 8.99. The van der Waals surface area contributed by atoms with E-state index in [4.69, 9.17) is 10.5 Å². The van der Waals surface area contributed by atoms with E-state index in [2.05, 4.69) is 9.97 Å². The van der Waals surface area contributed by atoms with Gasteiger partial charge in [0, 0.05) is 28.0 Å². The highest BCUT2D eigenvalue weighted by molar-refractivity contribution is 7.99. The third kappa shape index (κ3) is 3.14. The summed E-state index contributed by atoms with van der Waals surface area (Å²) in [6, 6.07) is 4.68.